The molecule has 2 nitrogen and oxygen atoms in total. The fourth-order valence-corrected chi connectivity index (χ4v) is 1.80. The van der Waals surface area contributed by atoms with Crippen molar-refractivity contribution in [2.75, 3.05) is 0 Å². The number of hydrogen-bond acceptors (Lipinski definition) is 2. The van der Waals surface area contributed by atoms with E-state index in [4.69, 9.17) is 5.73 Å². The first-order valence-corrected chi connectivity index (χ1v) is 5.69. The van der Waals surface area contributed by atoms with Gasteiger partial charge in [0, 0.05) is 24.4 Å². The molecular formula is C14H14F2N2. The van der Waals surface area contributed by atoms with Crippen molar-refractivity contribution in [2.45, 2.75) is 19.4 Å². The number of benzene rings is 1. The van der Waals surface area contributed by atoms with Crippen molar-refractivity contribution in [1.82, 2.24) is 4.98 Å². The zero-order valence-corrected chi connectivity index (χ0v) is 10.0. The van der Waals surface area contributed by atoms with Gasteiger partial charge in [-0.25, -0.2) is 8.78 Å². The molecule has 0 spiro atoms. The first kappa shape index (κ1) is 12.6. The molecule has 4 heteroatoms. The van der Waals surface area contributed by atoms with Crippen LogP contribution in [-0.2, 0) is 6.42 Å². The maximum atomic E-state index is 13.1. The molecule has 1 aromatic heterocycles. The summed E-state index contributed by atoms with van der Waals surface area (Å²) >= 11 is 0. The van der Waals surface area contributed by atoms with Gasteiger partial charge in [-0.1, -0.05) is 12.1 Å². The van der Waals surface area contributed by atoms with Crippen LogP contribution in [0.2, 0.25) is 0 Å². The molecule has 0 saturated carbocycles. The summed E-state index contributed by atoms with van der Waals surface area (Å²) in [6, 6.07) is 7.13. The van der Waals surface area contributed by atoms with Crippen LogP contribution in [0.15, 0.2) is 36.5 Å². The van der Waals surface area contributed by atoms with Crippen LogP contribution in [0.4, 0.5) is 8.78 Å². The van der Waals surface area contributed by atoms with Crippen LogP contribution in [0.3, 0.4) is 0 Å². The Kier molecular flexibility index (Phi) is 3.67. The van der Waals surface area contributed by atoms with Crippen LogP contribution < -0.4 is 5.73 Å². The van der Waals surface area contributed by atoms with Gasteiger partial charge in [-0.05, 0) is 36.2 Å². The third kappa shape index (κ3) is 2.71. The number of nitrogens with two attached hydrogens (primary N) is 1. The van der Waals surface area contributed by atoms with Crippen LogP contribution >= 0.6 is 0 Å². The average Bonchev–Trinajstić information content (AvgIpc) is 2.35. The minimum atomic E-state index is -0.874. The fourth-order valence-electron chi connectivity index (χ4n) is 1.80. The normalized spacial score (nSPS) is 12.4. The van der Waals surface area contributed by atoms with E-state index < -0.39 is 17.7 Å². The van der Waals surface area contributed by atoms with E-state index in [0.29, 0.717) is 12.0 Å². The van der Waals surface area contributed by atoms with Crippen molar-refractivity contribution >= 4 is 0 Å². The Balaban J connectivity index is 2.19. The number of nitrogens with zero attached hydrogens (tertiary/aromatic N) is 1. The number of aryl methyl sites for hydroxylation is 1. The lowest BCUT2D eigenvalue weighted by atomic mass is 10.0. The smallest absolute Gasteiger partial charge is 0.159 e. The van der Waals surface area contributed by atoms with E-state index in [1.165, 1.54) is 6.07 Å². The Hall–Kier alpha value is -1.81. The third-order valence-electron chi connectivity index (χ3n) is 2.90. The standard InChI is InChI=1S/C14H14F2N2/c1-9-3-2-6-18-14(9)8-13(17)10-4-5-11(15)12(16)7-10/h2-7,13H,8,17H2,1H3. The minimum Gasteiger partial charge on any atom is -0.324 e. The molecule has 1 unspecified atom stereocenters. The molecule has 1 atom stereocenters. The first-order valence-electron chi connectivity index (χ1n) is 5.69. The van der Waals surface area contributed by atoms with Gasteiger partial charge in [0.05, 0.1) is 0 Å². The van der Waals surface area contributed by atoms with E-state index in [-0.39, 0.29) is 0 Å². The SMILES string of the molecule is Cc1cccnc1CC(N)c1ccc(F)c(F)c1. The summed E-state index contributed by atoms with van der Waals surface area (Å²) in [4.78, 5) is 4.24. The van der Waals surface area contributed by atoms with E-state index in [1.54, 1.807) is 6.20 Å². The molecule has 2 N–H and O–H groups in total. The summed E-state index contributed by atoms with van der Waals surface area (Å²) in [5.74, 6) is -1.74. The highest BCUT2D eigenvalue weighted by Crippen LogP contribution is 2.19. The van der Waals surface area contributed by atoms with Crippen LogP contribution in [-0.4, -0.2) is 4.98 Å². The predicted molar refractivity (Wildman–Crippen MR) is 66.0 cm³/mol. The second-order valence-corrected chi connectivity index (χ2v) is 4.25. The van der Waals surface area contributed by atoms with Crippen LogP contribution in [0.5, 0.6) is 0 Å². The molecule has 0 aliphatic rings. The van der Waals surface area contributed by atoms with Gasteiger partial charge in [0.25, 0.3) is 0 Å². The van der Waals surface area contributed by atoms with Crippen LogP contribution in [0.25, 0.3) is 0 Å². The molecule has 94 valence electrons. The second-order valence-electron chi connectivity index (χ2n) is 4.25. The zero-order valence-electron chi connectivity index (χ0n) is 10.0. The van der Waals surface area contributed by atoms with Gasteiger partial charge in [0.2, 0.25) is 0 Å². The highest BCUT2D eigenvalue weighted by molar-refractivity contribution is 5.25. The molecule has 18 heavy (non-hydrogen) atoms. The monoisotopic (exact) mass is 248 g/mol. The van der Waals surface area contributed by atoms with E-state index in [0.717, 1.165) is 23.4 Å². The summed E-state index contributed by atoms with van der Waals surface area (Å²) in [5.41, 5.74) is 8.46. The van der Waals surface area contributed by atoms with Gasteiger partial charge in [0.15, 0.2) is 11.6 Å². The molecule has 1 aromatic carbocycles. The van der Waals surface area contributed by atoms with Gasteiger partial charge in [-0.2, -0.15) is 0 Å². The Morgan fingerprint density at radius 2 is 2.00 bits per heavy atom. The number of halogens is 2. The maximum absolute atomic E-state index is 13.1. The molecule has 0 aliphatic carbocycles. The van der Waals surface area contributed by atoms with Crippen molar-refractivity contribution in [1.29, 1.82) is 0 Å². The maximum Gasteiger partial charge on any atom is 0.159 e. The summed E-state index contributed by atoms with van der Waals surface area (Å²) < 4.78 is 25.9. The molecule has 0 fully saturated rings. The number of rotatable bonds is 3. The lowest BCUT2D eigenvalue weighted by molar-refractivity contribution is 0.505. The largest absolute Gasteiger partial charge is 0.324 e. The first-order chi connectivity index (χ1) is 8.58. The van der Waals surface area contributed by atoms with E-state index in [9.17, 15) is 8.78 Å². The molecular weight excluding hydrogens is 234 g/mol. The summed E-state index contributed by atoms with van der Waals surface area (Å²) in [6.07, 6.45) is 2.19. The number of hydrogen-bond donors (Lipinski definition) is 1. The second kappa shape index (κ2) is 5.23. The van der Waals surface area contributed by atoms with Gasteiger partial charge in [0.1, 0.15) is 0 Å². The third-order valence-corrected chi connectivity index (χ3v) is 2.90. The molecule has 0 amide bonds. The number of aromatic nitrogens is 1. The van der Waals surface area contributed by atoms with Crippen LogP contribution in [0.1, 0.15) is 22.9 Å². The molecule has 2 rings (SSSR count). The summed E-state index contributed by atoms with van der Waals surface area (Å²) in [6.45, 7) is 1.94. The van der Waals surface area contributed by atoms with Crippen molar-refractivity contribution in [3.63, 3.8) is 0 Å². The molecule has 0 aliphatic heterocycles. The van der Waals surface area contributed by atoms with Gasteiger partial charge in [-0.3, -0.25) is 4.98 Å². The van der Waals surface area contributed by atoms with Crippen molar-refractivity contribution in [2.24, 2.45) is 5.73 Å². The molecule has 0 saturated heterocycles. The lowest BCUT2D eigenvalue weighted by Crippen LogP contribution is -2.15. The number of pyridine rings is 1. The van der Waals surface area contributed by atoms with Crippen molar-refractivity contribution < 1.29 is 8.78 Å². The lowest BCUT2D eigenvalue weighted by Gasteiger charge is -2.13. The zero-order chi connectivity index (χ0) is 13.1. The van der Waals surface area contributed by atoms with E-state index in [1.807, 2.05) is 19.1 Å². The van der Waals surface area contributed by atoms with Crippen molar-refractivity contribution in [3.05, 3.63) is 65.0 Å². The molecule has 2 aromatic rings. The van der Waals surface area contributed by atoms with Crippen LogP contribution in [0, 0.1) is 18.6 Å². The summed E-state index contributed by atoms with van der Waals surface area (Å²) in [7, 11) is 0. The predicted octanol–water partition coefficient (Wildman–Crippen LogP) is 2.91. The van der Waals surface area contributed by atoms with Gasteiger partial charge >= 0.3 is 0 Å². The fraction of sp³-hybridized carbons (Fsp3) is 0.214. The minimum absolute atomic E-state index is 0.395. The highest BCUT2D eigenvalue weighted by atomic mass is 19.2. The Labute approximate surface area is 104 Å². The average molecular weight is 248 g/mol. The van der Waals surface area contributed by atoms with Gasteiger partial charge in [-0.15, -0.1) is 0 Å². The van der Waals surface area contributed by atoms with Gasteiger partial charge < -0.3 is 5.73 Å². The van der Waals surface area contributed by atoms with E-state index >= 15 is 0 Å². The molecule has 0 bridgehead atoms. The Bertz CT molecular complexity index is 555. The molecule has 0 radical (unpaired) electrons. The Morgan fingerprint density at radius 1 is 1.22 bits per heavy atom. The van der Waals surface area contributed by atoms with E-state index in [2.05, 4.69) is 4.98 Å². The topological polar surface area (TPSA) is 38.9 Å². The van der Waals surface area contributed by atoms with Crippen molar-refractivity contribution in [3.8, 4) is 0 Å². The molecule has 1 heterocycles. The Morgan fingerprint density at radius 3 is 2.67 bits per heavy atom. The quantitative estimate of drug-likeness (QED) is 0.907. The summed E-state index contributed by atoms with van der Waals surface area (Å²) in [5, 5.41) is 0. The highest BCUT2D eigenvalue weighted by Gasteiger charge is 2.12.